The number of rotatable bonds is 7. The van der Waals surface area contributed by atoms with Crippen LogP contribution in [0.2, 0.25) is 18.1 Å². The van der Waals surface area contributed by atoms with Crippen LogP contribution < -0.4 is 0 Å². The third kappa shape index (κ3) is 5.41. The van der Waals surface area contributed by atoms with Crippen molar-refractivity contribution in [3.8, 4) is 0 Å². The number of carbonyl (C=O) groups excluding carboxylic acids is 1. The van der Waals surface area contributed by atoms with Crippen LogP contribution in [0.4, 0.5) is 0 Å². The third-order valence-electron chi connectivity index (χ3n) is 4.09. The van der Waals surface area contributed by atoms with E-state index in [4.69, 9.17) is 0 Å². The zero-order valence-corrected chi connectivity index (χ0v) is 15.6. The molecular formula is C14H29IOSi. The Kier molecular flexibility index (Phi) is 7.53. The number of alkyl halides is 1. The molecule has 3 heteroatoms. The summed E-state index contributed by atoms with van der Waals surface area (Å²) in [5.41, 5.74) is 0. The molecule has 0 spiro atoms. The van der Waals surface area contributed by atoms with Gasteiger partial charge in [-0.3, -0.25) is 0 Å². The maximum atomic E-state index is 12.5. The molecular weight excluding hydrogens is 339 g/mol. The molecule has 0 aromatic rings. The van der Waals surface area contributed by atoms with Gasteiger partial charge in [-0.15, -0.1) is 0 Å². The van der Waals surface area contributed by atoms with E-state index in [1.807, 2.05) is 0 Å². The summed E-state index contributed by atoms with van der Waals surface area (Å²) in [6.45, 7) is 13.3. The van der Waals surface area contributed by atoms with Crippen LogP contribution in [0, 0.1) is 0 Å². The fraction of sp³-hybridized carbons (Fsp3) is 0.929. The molecule has 17 heavy (non-hydrogen) atoms. The van der Waals surface area contributed by atoms with Crippen molar-refractivity contribution in [3.63, 3.8) is 0 Å². The van der Waals surface area contributed by atoms with E-state index in [1.54, 1.807) is 0 Å². The summed E-state index contributed by atoms with van der Waals surface area (Å²) in [4.78, 5) is 12.5. The second-order valence-electron chi connectivity index (χ2n) is 6.56. The van der Waals surface area contributed by atoms with Gasteiger partial charge in [0.25, 0.3) is 0 Å². The minimum Gasteiger partial charge on any atom is -0.304 e. The first kappa shape index (κ1) is 17.6. The molecule has 0 aliphatic rings. The first-order chi connectivity index (χ1) is 7.64. The minimum atomic E-state index is -1.79. The van der Waals surface area contributed by atoms with Gasteiger partial charge in [0.1, 0.15) is 13.5 Å². The number of carbonyl (C=O) groups is 1. The topological polar surface area (TPSA) is 17.1 Å². The van der Waals surface area contributed by atoms with Crippen LogP contribution in [0.5, 0.6) is 0 Å². The normalized spacial score (nSPS) is 14.8. The summed E-state index contributed by atoms with van der Waals surface area (Å²) >= 11 is 2.37. The summed E-state index contributed by atoms with van der Waals surface area (Å²) in [5.74, 6) is 0. The van der Waals surface area contributed by atoms with Crippen LogP contribution in [0.15, 0.2) is 0 Å². The Hall–Kier alpha value is 0.617. The standard InChI is InChI=1S/C14H29IOSi/c1-7-8-9-10-11-12(15)13(16)17(5,6)14(2,3)4/h12H,7-11H2,1-6H3. The fourth-order valence-corrected chi connectivity index (χ4v) is 6.09. The molecule has 0 bridgehead atoms. The van der Waals surface area contributed by atoms with E-state index >= 15 is 0 Å². The highest BCUT2D eigenvalue weighted by Crippen LogP contribution is 2.38. The van der Waals surface area contributed by atoms with Crippen LogP contribution in [-0.2, 0) is 4.79 Å². The predicted molar refractivity (Wildman–Crippen MR) is 88.8 cm³/mol. The third-order valence-corrected chi connectivity index (χ3v) is 11.2. The van der Waals surface area contributed by atoms with Gasteiger partial charge in [-0.1, -0.05) is 89.1 Å². The van der Waals surface area contributed by atoms with Gasteiger partial charge in [0.2, 0.25) is 0 Å². The van der Waals surface area contributed by atoms with E-state index < -0.39 is 8.07 Å². The molecule has 1 atom stereocenters. The number of halogens is 1. The monoisotopic (exact) mass is 368 g/mol. The smallest absolute Gasteiger partial charge is 0.133 e. The SMILES string of the molecule is CCCCCCC(I)C(=O)[Si](C)(C)C(C)(C)C. The van der Waals surface area contributed by atoms with Crippen LogP contribution >= 0.6 is 22.6 Å². The van der Waals surface area contributed by atoms with E-state index in [2.05, 4.69) is 63.4 Å². The molecule has 0 rings (SSSR count). The molecule has 1 nitrogen and oxygen atoms in total. The fourth-order valence-electron chi connectivity index (χ4n) is 1.64. The van der Waals surface area contributed by atoms with Gasteiger partial charge in [-0.25, -0.2) is 0 Å². The maximum Gasteiger partial charge on any atom is 0.133 e. The molecule has 0 saturated heterocycles. The van der Waals surface area contributed by atoms with E-state index in [0.717, 1.165) is 6.42 Å². The number of hydrogen-bond acceptors (Lipinski definition) is 1. The summed E-state index contributed by atoms with van der Waals surface area (Å²) in [6, 6.07) is 0. The Labute approximate surface area is 122 Å². The Bertz CT molecular complexity index is 243. The van der Waals surface area contributed by atoms with Gasteiger partial charge in [-0.05, 0) is 11.5 Å². The molecule has 1 unspecified atom stereocenters. The number of unbranched alkanes of at least 4 members (excludes halogenated alkanes) is 3. The predicted octanol–water partition coefficient (Wildman–Crippen LogP) is 5.38. The Morgan fingerprint density at radius 2 is 1.71 bits per heavy atom. The van der Waals surface area contributed by atoms with Gasteiger partial charge < -0.3 is 4.79 Å². The quantitative estimate of drug-likeness (QED) is 0.255. The molecule has 0 aromatic carbocycles. The van der Waals surface area contributed by atoms with Gasteiger partial charge >= 0.3 is 0 Å². The first-order valence-corrected chi connectivity index (χ1v) is 11.1. The average Bonchev–Trinajstić information content (AvgIpc) is 2.21. The van der Waals surface area contributed by atoms with Crippen molar-refractivity contribution in [2.45, 2.75) is 81.9 Å². The van der Waals surface area contributed by atoms with E-state index in [-0.39, 0.29) is 8.96 Å². The molecule has 0 aliphatic heterocycles. The molecule has 0 aromatic heterocycles. The van der Waals surface area contributed by atoms with Gasteiger partial charge in [-0.2, -0.15) is 0 Å². The maximum absolute atomic E-state index is 12.5. The van der Waals surface area contributed by atoms with Crippen molar-refractivity contribution in [2.24, 2.45) is 0 Å². The summed E-state index contributed by atoms with van der Waals surface area (Å²) in [5, 5.41) is 0.735. The Morgan fingerprint density at radius 1 is 1.18 bits per heavy atom. The Balaban J connectivity index is 4.30. The first-order valence-electron chi connectivity index (χ1n) is 6.83. The summed E-state index contributed by atoms with van der Waals surface area (Å²) in [6.07, 6.45) is 6.13. The largest absolute Gasteiger partial charge is 0.304 e. The highest BCUT2D eigenvalue weighted by atomic mass is 127. The minimum absolute atomic E-state index is 0.178. The lowest BCUT2D eigenvalue weighted by Crippen LogP contribution is -2.49. The molecule has 0 aliphatic carbocycles. The second kappa shape index (κ2) is 7.27. The van der Waals surface area contributed by atoms with E-state index in [0.29, 0.717) is 5.41 Å². The lowest BCUT2D eigenvalue weighted by atomic mass is 10.1. The lowest BCUT2D eigenvalue weighted by Gasteiger charge is -2.36. The lowest BCUT2D eigenvalue weighted by molar-refractivity contribution is -0.112. The zero-order valence-electron chi connectivity index (χ0n) is 12.4. The zero-order chi connectivity index (χ0) is 13.7. The summed E-state index contributed by atoms with van der Waals surface area (Å²) in [7, 11) is -1.79. The van der Waals surface area contributed by atoms with Crippen LogP contribution in [-0.4, -0.2) is 17.4 Å². The van der Waals surface area contributed by atoms with Gasteiger partial charge in [0, 0.05) is 0 Å². The van der Waals surface area contributed by atoms with Gasteiger partial charge in [0.05, 0.1) is 3.92 Å². The molecule has 0 radical (unpaired) electrons. The van der Waals surface area contributed by atoms with Crippen LogP contribution in [0.25, 0.3) is 0 Å². The molecule has 102 valence electrons. The van der Waals surface area contributed by atoms with Crippen molar-refractivity contribution in [1.29, 1.82) is 0 Å². The Morgan fingerprint density at radius 3 is 2.12 bits per heavy atom. The van der Waals surface area contributed by atoms with Crippen molar-refractivity contribution < 1.29 is 4.79 Å². The van der Waals surface area contributed by atoms with Crippen LogP contribution in [0.1, 0.15) is 59.8 Å². The molecule has 0 fully saturated rings. The molecule has 0 heterocycles. The highest BCUT2D eigenvalue weighted by molar-refractivity contribution is 14.1. The van der Waals surface area contributed by atoms with E-state index in [1.165, 1.54) is 25.7 Å². The van der Waals surface area contributed by atoms with Crippen molar-refractivity contribution in [3.05, 3.63) is 0 Å². The highest BCUT2D eigenvalue weighted by Gasteiger charge is 2.43. The molecule has 0 amide bonds. The van der Waals surface area contributed by atoms with E-state index in [9.17, 15) is 4.79 Å². The van der Waals surface area contributed by atoms with Crippen LogP contribution in [0.3, 0.4) is 0 Å². The van der Waals surface area contributed by atoms with Crippen molar-refractivity contribution in [1.82, 2.24) is 0 Å². The second-order valence-corrected chi connectivity index (χ2v) is 13.3. The average molecular weight is 368 g/mol. The number of hydrogen-bond donors (Lipinski definition) is 0. The van der Waals surface area contributed by atoms with Crippen molar-refractivity contribution in [2.75, 3.05) is 0 Å². The molecule has 0 saturated carbocycles. The summed E-state index contributed by atoms with van der Waals surface area (Å²) < 4.78 is 0.241. The van der Waals surface area contributed by atoms with Crippen molar-refractivity contribution >= 4 is 36.1 Å². The molecule has 0 N–H and O–H groups in total. The van der Waals surface area contributed by atoms with Gasteiger partial charge in [0.15, 0.2) is 0 Å².